The molecule has 37 heavy (non-hydrogen) atoms. The van der Waals surface area contributed by atoms with Crippen LogP contribution >= 0.6 is 0 Å². The molecule has 2 aliphatic heterocycles. The summed E-state index contributed by atoms with van der Waals surface area (Å²) in [7, 11) is 0. The molecule has 2 fully saturated rings. The molecule has 3 aliphatic rings. The smallest absolute Gasteiger partial charge is 0.156 e. The third kappa shape index (κ3) is 5.32. The van der Waals surface area contributed by atoms with Crippen molar-refractivity contribution in [3.8, 4) is 0 Å². The number of ketones is 1. The number of hydrogen-bond acceptors (Lipinski definition) is 5. The molecule has 0 saturated carbocycles. The number of allylic oxidation sites excluding steroid dienone is 1. The molecule has 5 atom stereocenters. The SMILES string of the molecule is O=C1C=C2CN3[C@H]([C@H](OCc4ccccc4)[C@@H](OCc4ccccc4)[C@@H]3COCc3ccccc3)[C@H]2C1. The molecule has 6 rings (SSSR count). The van der Waals surface area contributed by atoms with Crippen molar-refractivity contribution in [2.24, 2.45) is 5.92 Å². The summed E-state index contributed by atoms with van der Waals surface area (Å²) < 4.78 is 19.6. The number of hydrogen-bond donors (Lipinski definition) is 0. The topological polar surface area (TPSA) is 48.0 Å². The molecular formula is C32H33NO4. The average molecular weight is 496 g/mol. The predicted octanol–water partition coefficient (Wildman–Crippen LogP) is 4.96. The first-order valence-corrected chi connectivity index (χ1v) is 13.2. The summed E-state index contributed by atoms with van der Waals surface area (Å²) >= 11 is 0. The Morgan fingerprint density at radius 3 is 1.84 bits per heavy atom. The number of carbonyl (C=O) groups excluding carboxylic acids is 1. The van der Waals surface area contributed by atoms with E-state index < -0.39 is 0 Å². The minimum absolute atomic E-state index is 0.0415. The quantitative estimate of drug-likeness (QED) is 0.398. The molecule has 5 nitrogen and oxygen atoms in total. The molecule has 190 valence electrons. The summed E-state index contributed by atoms with van der Waals surface area (Å²) in [6.07, 6.45) is 2.10. The van der Waals surface area contributed by atoms with Crippen molar-refractivity contribution in [1.29, 1.82) is 0 Å². The number of ether oxygens (including phenoxy) is 3. The van der Waals surface area contributed by atoms with E-state index in [1.165, 1.54) is 5.57 Å². The summed E-state index contributed by atoms with van der Waals surface area (Å²) in [5.41, 5.74) is 4.66. The van der Waals surface area contributed by atoms with Gasteiger partial charge in [-0.05, 0) is 28.3 Å². The fourth-order valence-electron chi connectivity index (χ4n) is 6.12. The molecule has 2 heterocycles. The Morgan fingerprint density at radius 1 is 0.703 bits per heavy atom. The molecule has 3 aromatic rings. The van der Waals surface area contributed by atoms with Gasteiger partial charge in [0.05, 0.1) is 32.5 Å². The van der Waals surface area contributed by atoms with Gasteiger partial charge in [0.25, 0.3) is 0 Å². The molecule has 5 heteroatoms. The molecule has 0 bridgehead atoms. The van der Waals surface area contributed by atoms with Gasteiger partial charge in [0.1, 0.15) is 12.2 Å². The third-order valence-electron chi connectivity index (χ3n) is 7.84. The lowest BCUT2D eigenvalue weighted by atomic mass is 9.92. The highest BCUT2D eigenvalue weighted by Gasteiger charge is 2.58. The van der Waals surface area contributed by atoms with Crippen LogP contribution in [-0.4, -0.2) is 48.1 Å². The van der Waals surface area contributed by atoms with E-state index in [9.17, 15) is 4.79 Å². The van der Waals surface area contributed by atoms with E-state index in [4.69, 9.17) is 14.2 Å². The first-order chi connectivity index (χ1) is 18.3. The Hall–Kier alpha value is -3.09. The largest absolute Gasteiger partial charge is 0.375 e. The second-order valence-electron chi connectivity index (χ2n) is 10.2. The van der Waals surface area contributed by atoms with Crippen LogP contribution in [0.2, 0.25) is 0 Å². The minimum atomic E-state index is -0.165. The molecular weight excluding hydrogens is 462 g/mol. The van der Waals surface area contributed by atoms with Crippen LogP contribution in [0, 0.1) is 5.92 Å². The minimum Gasteiger partial charge on any atom is -0.375 e. The van der Waals surface area contributed by atoms with E-state index in [0.717, 1.165) is 23.2 Å². The number of fused-ring (bicyclic) bond motifs is 3. The summed E-state index contributed by atoms with van der Waals surface area (Å²) in [5, 5.41) is 0. The standard InChI is InChI=1S/C32H33NO4/c34-27-16-26-18-33-29(22-35-19-23-10-4-1-5-11-23)31(36-20-24-12-6-2-7-13-24)32(30(33)28(26)17-27)37-21-25-14-8-3-9-15-25/h1-16,28-32H,17-22H2/t28-,29-,30-,31-,32-/m0/s1. The monoisotopic (exact) mass is 495 g/mol. The normalized spacial score (nSPS) is 26.8. The predicted molar refractivity (Wildman–Crippen MR) is 142 cm³/mol. The van der Waals surface area contributed by atoms with Crippen molar-refractivity contribution in [3.05, 3.63) is 119 Å². The number of nitrogens with zero attached hydrogens (tertiary/aromatic N) is 1. The van der Waals surface area contributed by atoms with Crippen LogP contribution in [0.5, 0.6) is 0 Å². The first-order valence-electron chi connectivity index (χ1n) is 13.2. The van der Waals surface area contributed by atoms with Crippen LogP contribution < -0.4 is 0 Å². The molecule has 1 aliphatic carbocycles. The fraction of sp³-hybridized carbons (Fsp3) is 0.344. The summed E-state index contributed by atoms with van der Waals surface area (Å²) in [6, 6.07) is 31.0. The zero-order valence-corrected chi connectivity index (χ0v) is 20.9. The maximum atomic E-state index is 12.3. The molecule has 0 unspecified atom stereocenters. The van der Waals surface area contributed by atoms with E-state index in [1.807, 2.05) is 60.7 Å². The van der Waals surface area contributed by atoms with Gasteiger partial charge >= 0.3 is 0 Å². The van der Waals surface area contributed by atoms with Gasteiger partial charge in [-0.25, -0.2) is 0 Å². The highest BCUT2D eigenvalue weighted by molar-refractivity contribution is 5.94. The average Bonchev–Trinajstić information content (AvgIpc) is 3.55. The van der Waals surface area contributed by atoms with E-state index in [1.54, 1.807) is 0 Å². The van der Waals surface area contributed by atoms with E-state index >= 15 is 0 Å². The first kappa shape index (κ1) is 24.3. The maximum Gasteiger partial charge on any atom is 0.156 e. The Kier molecular flexibility index (Phi) is 7.29. The Bertz CT molecular complexity index is 1210. The lowest BCUT2D eigenvalue weighted by molar-refractivity contribution is -0.115. The highest BCUT2D eigenvalue weighted by Crippen LogP contribution is 2.46. The highest BCUT2D eigenvalue weighted by atomic mass is 16.5. The second kappa shape index (κ2) is 11.1. The molecule has 2 saturated heterocycles. The Labute approximate surface area is 218 Å². The van der Waals surface area contributed by atoms with Crippen molar-refractivity contribution in [2.45, 2.75) is 50.5 Å². The molecule has 0 radical (unpaired) electrons. The third-order valence-corrected chi connectivity index (χ3v) is 7.84. The van der Waals surface area contributed by atoms with Gasteiger partial charge in [0.2, 0.25) is 0 Å². The lowest BCUT2D eigenvalue weighted by Gasteiger charge is -2.28. The van der Waals surface area contributed by atoms with Gasteiger partial charge in [-0.15, -0.1) is 0 Å². The summed E-state index contributed by atoms with van der Waals surface area (Å²) in [4.78, 5) is 14.8. The van der Waals surface area contributed by atoms with E-state index in [0.29, 0.717) is 32.8 Å². The van der Waals surface area contributed by atoms with Crippen LogP contribution in [0.25, 0.3) is 0 Å². The molecule has 0 N–H and O–H groups in total. The van der Waals surface area contributed by atoms with Gasteiger partial charge in [0.15, 0.2) is 5.78 Å². The van der Waals surface area contributed by atoms with E-state index in [-0.39, 0.29) is 36.0 Å². The molecule has 0 aromatic heterocycles. The fourth-order valence-corrected chi connectivity index (χ4v) is 6.12. The van der Waals surface area contributed by atoms with Gasteiger partial charge in [-0.1, -0.05) is 91.0 Å². The van der Waals surface area contributed by atoms with Crippen molar-refractivity contribution in [3.63, 3.8) is 0 Å². The van der Waals surface area contributed by atoms with Crippen molar-refractivity contribution < 1.29 is 19.0 Å². The maximum absolute atomic E-state index is 12.3. The zero-order valence-electron chi connectivity index (χ0n) is 20.9. The Morgan fingerprint density at radius 2 is 1.24 bits per heavy atom. The van der Waals surface area contributed by atoms with Crippen LogP contribution in [0.1, 0.15) is 23.1 Å². The van der Waals surface area contributed by atoms with E-state index in [2.05, 4.69) is 41.3 Å². The van der Waals surface area contributed by atoms with Crippen LogP contribution in [0.15, 0.2) is 103 Å². The van der Waals surface area contributed by atoms with Gasteiger partial charge in [-0.3, -0.25) is 9.69 Å². The Balaban J connectivity index is 1.25. The zero-order chi connectivity index (χ0) is 25.0. The second-order valence-corrected chi connectivity index (χ2v) is 10.2. The van der Waals surface area contributed by atoms with Gasteiger partial charge in [0, 0.05) is 24.9 Å². The van der Waals surface area contributed by atoms with Crippen molar-refractivity contribution >= 4 is 5.78 Å². The van der Waals surface area contributed by atoms with Crippen molar-refractivity contribution in [2.75, 3.05) is 13.2 Å². The van der Waals surface area contributed by atoms with Crippen LogP contribution in [0.3, 0.4) is 0 Å². The van der Waals surface area contributed by atoms with Gasteiger partial charge in [-0.2, -0.15) is 0 Å². The molecule has 0 amide bonds. The van der Waals surface area contributed by atoms with Crippen LogP contribution in [-0.2, 0) is 38.8 Å². The lowest BCUT2D eigenvalue weighted by Crippen LogP contribution is -2.42. The van der Waals surface area contributed by atoms with Gasteiger partial charge < -0.3 is 14.2 Å². The number of benzene rings is 3. The number of carbonyl (C=O) groups is 1. The summed E-state index contributed by atoms with van der Waals surface area (Å²) in [6.45, 7) is 2.90. The molecule has 0 spiro atoms. The summed E-state index contributed by atoms with van der Waals surface area (Å²) in [5.74, 6) is 0.419. The van der Waals surface area contributed by atoms with Crippen LogP contribution in [0.4, 0.5) is 0 Å². The van der Waals surface area contributed by atoms with Crippen molar-refractivity contribution in [1.82, 2.24) is 4.90 Å². The molecule has 3 aromatic carbocycles. The number of rotatable bonds is 10.